The van der Waals surface area contributed by atoms with Crippen molar-refractivity contribution in [1.82, 2.24) is 5.32 Å². The van der Waals surface area contributed by atoms with Crippen molar-refractivity contribution >= 4 is 0 Å². The summed E-state index contributed by atoms with van der Waals surface area (Å²) in [6.07, 6.45) is 6.27. The van der Waals surface area contributed by atoms with Crippen molar-refractivity contribution in [3.05, 3.63) is 35.9 Å². The van der Waals surface area contributed by atoms with Gasteiger partial charge in [-0.15, -0.1) is 0 Å². The molecule has 0 aliphatic heterocycles. The van der Waals surface area contributed by atoms with Crippen LogP contribution in [0.5, 0.6) is 0 Å². The Morgan fingerprint density at radius 2 is 1.80 bits per heavy atom. The number of methoxy groups -OCH3 is 1. The van der Waals surface area contributed by atoms with Gasteiger partial charge in [-0.1, -0.05) is 44.2 Å². The zero-order valence-electron chi connectivity index (χ0n) is 13.5. The molecule has 0 atom stereocenters. The van der Waals surface area contributed by atoms with Gasteiger partial charge in [-0.3, -0.25) is 0 Å². The molecule has 0 saturated heterocycles. The summed E-state index contributed by atoms with van der Waals surface area (Å²) in [5, 5.41) is 3.55. The van der Waals surface area contributed by atoms with E-state index in [1.165, 1.54) is 37.7 Å². The minimum Gasteiger partial charge on any atom is -0.383 e. The van der Waals surface area contributed by atoms with Crippen molar-refractivity contribution in [1.29, 1.82) is 0 Å². The van der Waals surface area contributed by atoms with Gasteiger partial charge in [-0.05, 0) is 43.1 Å². The first-order valence-electron chi connectivity index (χ1n) is 8.00. The number of aryl methyl sites for hydroxylation is 1. The van der Waals surface area contributed by atoms with Crippen LogP contribution >= 0.6 is 0 Å². The molecule has 2 heteroatoms. The van der Waals surface area contributed by atoms with E-state index in [0.717, 1.165) is 19.7 Å². The number of hydrogen-bond donors (Lipinski definition) is 1. The molecule has 1 aromatic rings. The molecular formula is C18H31NO. The van der Waals surface area contributed by atoms with Gasteiger partial charge in [-0.2, -0.15) is 0 Å². The molecule has 1 rings (SSSR count). The Balaban J connectivity index is 2.37. The van der Waals surface area contributed by atoms with Crippen molar-refractivity contribution in [2.24, 2.45) is 5.41 Å². The van der Waals surface area contributed by atoms with E-state index < -0.39 is 0 Å². The first-order chi connectivity index (χ1) is 9.76. The van der Waals surface area contributed by atoms with Crippen molar-refractivity contribution in [3.8, 4) is 0 Å². The monoisotopic (exact) mass is 277 g/mol. The number of ether oxygens (including phenoxy) is 1. The van der Waals surface area contributed by atoms with Crippen LogP contribution < -0.4 is 5.32 Å². The highest BCUT2D eigenvalue weighted by molar-refractivity contribution is 5.14. The van der Waals surface area contributed by atoms with Gasteiger partial charge in [0.2, 0.25) is 0 Å². The van der Waals surface area contributed by atoms with Crippen molar-refractivity contribution < 1.29 is 4.74 Å². The largest absolute Gasteiger partial charge is 0.383 e. The van der Waals surface area contributed by atoms with Gasteiger partial charge in [0.15, 0.2) is 0 Å². The second-order valence-corrected chi connectivity index (χ2v) is 5.72. The summed E-state index contributed by atoms with van der Waals surface area (Å²) in [5.41, 5.74) is 1.91. The van der Waals surface area contributed by atoms with Crippen LogP contribution in [-0.2, 0) is 11.2 Å². The SMILES string of the molecule is CCC(CC)(CCCc1ccccc1)CNCCOC. The lowest BCUT2D eigenvalue weighted by Gasteiger charge is -2.32. The lowest BCUT2D eigenvalue weighted by molar-refractivity contribution is 0.180. The van der Waals surface area contributed by atoms with E-state index in [9.17, 15) is 0 Å². The van der Waals surface area contributed by atoms with Crippen LogP contribution in [0.3, 0.4) is 0 Å². The summed E-state index contributed by atoms with van der Waals surface area (Å²) in [6.45, 7) is 7.51. The molecule has 0 aromatic heterocycles. The van der Waals surface area contributed by atoms with Crippen molar-refractivity contribution in [3.63, 3.8) is 0 Å². The molecule has 0 radical (unpaired) electrons. The highest BCUT2D eigenvalue weighted by Crippen LogP contribution is 2.31. The standard InChI is InChI=1S/C18H31NO/c1-4-18(5-2,16-19-14-15-20-3)13-9-12-17-10-7-6-8-11-17/h6-8,10-11,19H,4-5,9,12-16H2,1-3H3. The third kappa shape index (κ3) is 6.06. The molecule has 1 N–H and O–H groups in total. The molecular weight excluding hydrogens is 246 g/mol. The Hall–Kier alpha value is -0.860. The Kier molecular flexibility index (Phi) is 8.56. The summed E-state index contributed by atoms with van der Waals surface area (Å²) in [7, 11) is 1.76. The van der Waals surface area contributed by atoms with Gasteiger partial charge < -0.3 is 10.1 Å². The predicted octanol–water partition coefficient (Wildman–Crippen LogP) is 4.05. The minimum atomic E-state index is 0.447. The van der Waals surface area contributed by atoms with Gasteiger partial charge in [0, 0.05) is 20.2 Å². The van der Waals surface area contributed by atoms with E-state index in [0.29, 0.717) is 5.41 Å². The summed E-state index contributed by atoms with van der Waals surface area (Å²) >= 11 is 0. The number of rotatable bonds is 11. The number of hydrogen-bond acceptors (Lipinski definition) is 2. The first-order valence-corrected chi connectivity index (χ1v) is 8.00. The quantitative estimate of drug-likeness (QED) is 0.616. The Bertz CT molecular complexity index is 333. The molecule has 0 aliphatic carbocycles. The smallest absolute Gasteiger partial charge is 0.0587 e. The zero-order chi connectivity index (χ0) is 14.7. The normalized spacial score (nSPS) is 11.8. The van der Waals surface area contributed by atoms with Gasteiger partial charge in [0.25, 0.3) is 0 Å². The van der Waals surface area contributed by atoms with E-state index in [1.54, 1.807) is 7.11 Å². The van der Waals surface area contributed by atoms with Crippen LogP contribution in [0.4, 0.5) is 0 Å². The van der Waals surface area contributed by atoms with Gasteiger partial charge in [-0.25, -0.2) is 0 Å². The average molecular weight is 277 g/mol. The molecule has 0 aliphatic rings. The lowest BCUT2D eigenvalue weighted by atomic mass is 9.77. The highest BCUT2D eigenvalue weighted by Gasteiger charge is 2.24. The molecule has 0 unspecified atom stereocenters. The van der Waals surface area contributed by atoms with Crippen LogP contribution in [0.25, 0.3) is 0 Å². The molecule has 0 fully saturated rings. The van der Waals surface area contributed by atoms with Gasteiger partial charge in [0.05, 0.1) is 6.61 Å². The van der Waals surface area contributed by atoms with E-state index in [-0.39, 0.29) is 0 Å². The van der Waals surface area contributed by atoms with Crippen LogP contribution in [0, 0.1) is 5.41 Å². The first kappa shape index (κ1) is 17.2. The van der Waals surface area contributed by atoms with E-state index in [1.807, 2.05) is 0 Å². The van der Waals surface area contributed by atoms with E-state index in [4.69, 9.17) is 4.74 Å². The number of benzene rings is 1. The molecule has 2 nitrogen and oxygen atoms in total. The van der Waals surface area contributed by atoms with E-state index in [2.05, 4.69) is 49.5 Å². The fraction of sp³-hybridized carbons (Fsp3) is 0.667. The summed E-state index contributed by atoms with van der Waals surface area (Å²) < 4.78 is 5.10. The zero-order valence-corrected chi connectivity index (χ0v) is 13.5. The van der Waals surface area contributed by atoms with Crippen LogP contribution in [0.1, 0.15) is 45.1 Å². The molecule has 0 saturated carbocycles. The third-order valence-electron chi connectivity index (χ3n) is 4.50. The fourth-order valence-electron chi connectivity index (χ4n) is 2.78. The lowest BCUT2D eigenvalue weighted by Crippen LogP contribution is -2.35. The highest BCUT2D eigenvalue weighted by atomic mass is 16.5. The average Bonchev–Trinajstić information content (AvgIpc) is 2.51. The summed E-state index contributed by atoms with van der Waals surface area (Å²) in [6, 6.07) is 10.8. The molecule has 114 valence electrons. The van der Waals surface area contributed by atoms with Crippen molar-refractivity contribution in [2.45, 2.75) is 46.0 Å². The summed E-state index contributed by atoms with van der Waals surface area (Å²) in [5.74, 6) is 0. The topological polar surface area (TPSA) is 21.3 Å². The molecule has 1 aromatic carbocycles. The second-order valence-electron chi connectivity index (χ2n) is 5.72. The van der Waals surface area contributed by atoms with Crippen molar-refractivity contribution in [2.75, 3.05) is 26.8 Å². The second kappa shape index (κ2) is 9.95. The van der Waals surface area contributed by atoms with Gasteiger partial charge in [0.1, 0.15) is 0 Å². The van der Waals surface area contributed by atoms with Crippen LogP contribution in [-0.4, -0.2) is 26.8 Å². The maximum Gasteiger partial charge on any atom is 0.0587 e. The Morgan fingerprint density at radius 3 is 2.40 bits per heavy atom. The fourth-order valence-corrected chi connectivity index (χ4v) is 2.78. The Morgan fingerprint density at radius 1 is 1.10 bits per heavy atom. The predicted molar refractivity (Wildman–Crippen MR) is 87.1 cm³/mol. The number of nitrogens with one attached hydrogen (secondary N) is 1. The molecule has 0 heterocycles. The third-order valence-corrected chi connectivity index (χ3v) is 4.50. The molecule has 20 heavy (non-hydrogen) atoms. The Labute approximate surface area is 124 Å². The molecule has 0 amide bonds. The maximum atomic E-state index is 5.10. The van der Waals surface area contributed by atoms with Crippen LogP contribution in [0.15, 0.2) is 30.3 Å². The maximum absolute atomic E-state index is 5.10. The van der Waals surface area contributed by atoms with Gasteiger partial charge >= 0.3 is 0 Å². The molecule has 0 spiro atoms. The van der Waals surface area contributed by atoms with Crippen LogP contribution in [0.2, 0.25) is 0 Å². The van der Waals surface area contributed by atoms with E-state index >= 15 is 0 Å². The minimum absolute atomic E-state index is 0.447. The summed E-state index contributed by atoms with van der Waals surface area (Å²) in [4.78, 5) is 0. The molecule has 0 bridgehead atoms.